The molecule has 2 aromatic heterocycles. The van der Waals surface area contributed by atoms with Crippen LogP contribution in [0.4, 0.5) is 11.6 Å². The van der Waals surface area contributed by atoms with E-state index in [-0.39, 0.29) is 0 Å². The van der Waals surface area contributed by atoms with Gasteiger partial charge in [-0.05, 0) is 42.5 Å². The van der Waals surface area contributed by atoms with E-state index < -0.39 is 0 Å². The van der Waals surface area contributed by atoms with Crippen molar-refractivity contribution in [1.29, 1.82) is 5.26 Å². The Morgan fingerprint density at radius 1 is 1.14 bits per heavy atom. The lowest BCUT2D eigenvalue weighted by Gasteiger charge is -2.01. The number of hydrogen-bond acceptors (Lipinski definition) is 4. The first-order valence-electron chi connectivity index (χ1n) is 6.54. The molecule has 0 amide bonds. The topological polar surface area (TPSA) is 81.8 Å². The van der Waals surface area contributed by atoms with E-state index in [9.17, 15) is 0 Å². The van der Waals surface area contributed by atoms with E-state index in [0.29, 0.717) is 22.3 Å². The smallest absolute Gasteiger partial charge is 0.253 e. The lowest BCUT2D eigenvalue weighted by molar-refractivity contribution is 1.01. The van der Waals surface area contributed by atoms with Crippen molar-refractivity contribution >= 4 is 40.0 Å². The lowest BCUT2D eigenvalue weighted by atomic mass is 10.2. The molecule has 0 aliphatic carbocycles. The molecule has 0 aliphatic rings. The predicted octanol–water partition coefficient (Wildman–Crippen LogP) is 3.48. The second-order valence-electron chi connectivity index (χ2n) is 4.77. The summed E-state index contributed by atoms with van der Waals surface area (Å²) >= 11 is 5.86. The molecule has 2 N–H and O–H groups in total. The summed E-state index contributed by atoms with van der Waals surface area (Å²) in [7, 11) is 0. The number of H-pyrrole nitrogens is 1. The molecule has 4 rings (SSSR count). The first-order valence-corrected chi connectivity index (χ1v) is 6.92. The zero-order valence-corrected chi connectivity index (χ0v) is 12.0. The van der Waals surface area contributed by atoms with Crippen LogP contribution in [-0.4, -0.2) is 19.6 Å². The number of nitrogens with one attached hydrogen (secondary N) is 2. The Hall–Kier alpha value is -3.04. The van der Waals surface area contributed by atoms with Gasteiger partial charge in [0.25, 0.3) is 5.78 Å². The van der Waals surface area contributed by atoms with Gasteiger partial charge in [0, 0.05) is 10.7 Å². The molecule has 4 aromatic rings. The van der Waals surface area contributed by atoms with E-state index in [4.69, 9.17) is 16.9 Å². The number of nitriles is 1. The predicted molar refractivity (Wildman–Crippen MR) is 84.3 cm³/mol. The number of rotatable bonds is 2. The van der Waals surface area contributed by atoms with Crippen LogP contribution in [-0.2, 0) is 0 Å². The molecular weight excluding hydrogens is 300 g/mol. The van der Waals surface area contributed by atoms with Crippen LogP contribution in [0.25, 0.3) is 16.8 Å². The van der Waals surface area contributed by atoms with Crippen LogP contribution >= 0.6 is 11.6 Å². The molecule has 0 saturated heterocycles. The largest absolute Gasteiger partial charge is 0.325 e. The zero-order chi connectivity index (χ0) is 15.1. The average Bonchev–Trinajstić information content (AvgIpc) is 3.05. The molecule has 0 fully saturated rings. The van der Waals surface area contributed by atoms with Crippen molar-refractivity contribution in [3.8, 4) is 6.07 Å². The molecule has 0 unspecified atom stereocenters. The molecule has 0 aliphatic heterocycles. The minimum atomic E-state index is 0.543. The second-order valence-corrected chi connectivity index (χ2v) is 5.20. The summed E-state index contributed by atoms with van der Waals surface area (Å²) in [6.07, 6.45) is 0. The molecule has 0 atom stereocenters. The summed E-state index contributed by atoms with van der Waals surface area (Å²) in [6, 6.07) is 14.8. The summed E-state index contributed by atoms with van der Waals surface area (Å²) in [6.45, 7) is 0. The minimum Gasteiger partial charge on any atom is -0.325 e. The number of benzene rings is 2. The van der Waals surface area contributed by atoms with Gasteiger partial charge in [-0.3, -0.25) is 5.10 Å². The number of aromatic nitrogens is 4. The number of fused-ring (bicyclic) bond motifs is 3. The van der Waals surface area contributed by atoms with Gasteiger partial charge in [0.2, 0.25) is 5.95 Å². The summed E-state index contributed by atoms with van der Waals surface area (Å²) in [5.74, 6) is 1.12. The molecule has 22 heavy (non-hydrogen) atoms. The average molecular weight is 309 g/mol. The normalized spacial score (nSPS) is 10.9. The molecule has 0 radical (unpaired) electrons. The van der Waals surface area contributed by atoms with Crippen LogP contribution in [0.2, 0.25) is 5.02 Å². The number of aromatic amines is 1. The Morgan fingerprint density at radius 3 is 2.73 bits per heavy atom. The number of nitrogens with zero attached hydrogens (tertiary/aromatic N) is 4. The van der Waals surface area contributed by atoms with Crippen molar-refractivity contribution in [1.82, 2.24) is 19.6 Å². The number of hydrogen-bond donors (Lipinski definition) is 2. The zero-order valence-electron chi connectivity index (χ0n) is 11.2. The Morgan fingerprint density at radius 2 is 1.95 bits per heavy atom. The maximum atomic E-state index is 8.92. The third-order valence-electron chi connectivity index (χ3n) is 3.30. The molecule has 0 spiro atoms. The Bertz CT molecular complexity index is 1020. The number of imidazole rings is 1. The first kappa shape index (κ1) is 12.7. The Kier molecular flexibility index (Phi) is 2.74. The molecule has 6 nitrogen and oxygen atoms in total. The van der Waals surface area contributed by atoms with Gasteiger partial charge < -0.3 is 5.32 Å². The highest BCUT2D eigenvalue weighted by molar-refractivity contribution is 6.30. The van der Waals surface area contributed by atoms with Crippen LogP contribution in [0, 0.1) is 11.3 Å². The van der Waals surface area contributed by atoms with Gasteiger partial charge in [-0.1, -0.05) is 11.6 Å². The van der Waals surface area contributed by atoms with Gasteiger partial charge in [-0.15, -0.1) is 0 Å². The minimum absolute atomic E-state index is 0.543. The monoisotopic (exact) mass is 308 g/mol. The van der Waals surface area contributed by atoms with Crippen molar-refractivity contribution in [2.45, 2.75) is 0 Å². The van der Waals surface area contributed by atoms with Crippen LogP contribution in [0.15, 0.2) is 42.5 Å². The quantitative estimate of drug-likeness (QED) is 0.594. The fourth-order valence-corrected chi connectivity index (χ4v) is 2.41. The Balaban J connectivity index is 1.75. The van der Waals surface area contributed by atoms with Gasteiger partial charge in [0.1, 0.15) is 0 Å². The van der Waals surface area contributed by atoms with Crippen LogP contribution in [0.5, 0.6) is 0 Å². The van der Waals surface area contributed by atoms with Gasteiger partial charge in [-0.2, -0.15) is 10.2 Å². The van der Waals surface area contributed by atoms with Gasteiger partial charge in [-0.25, -0.2) is 9.50 Å². The van der Waals surface area contributed by atoms with E-state index in [0.717, 1.165) is 16.7 Å². The lowest BCUT2D eigenvalue weighted by Crippen LogP contribution is -1.93. The molecule has 2 aromatic carbocycles. The van der Waals surface area contributed by atoms with E-state index in [1.807, 2.05) is 18.2 Å². The molecule has 0 bridgehead atoms. The fourth-order valence-electron chi connectivity index (χ4n) is 2.28. The number of halogens is 1. The van der Waals surface area contributed by atoms with Gasteiger partial charge in [0.15, 0.2) is 0 Å². The van der Waals surface area contributed by atoms with Crippen molar-refractivity contribution in [2.24, 2.45) is 0 Å². The number of anilines is 2. The second kappa shape index (κ2) is 4.76. The van der Waals surface area contributed by atoms with Gasteiger partial charge >= 0.3 is 0 Å². The van der Waals surface area contributed by atoms with Crippen molar-refractivity contribution in [3.05, 3.63) is 53.1 Å². The van der Waals surface area contributed by atoms with E-state index in [1.54, 1.807) is 28.8 Å². The summed E-state index contributed by atoms with van der Waals surface area (Å²) in [5, 5.41) is 15.9. The molecular formula is C15H9ClN6. The van der Waals surface area contributed by atoms with Crippen LogP contribution in [0.3, 0.4) is 0 Å². The summed E-state index contributed by atoms with van der Waals surface area (Å²) in [4.78, 5) is 8.80. The summed E-state index contributed by atoms with van der Waals surface area (Å²) < 4.78 is 1.77. The van der Waals surface area contributed by atoms with Gasteiger partial charge in [0.05, 0.1) is 22.7 Å². The molecule has 0 saturated carbocycles. The standard InChI is InChI=1S/C15H9ClN6/c16-10-2-4-11(5-3-10)18-14-20-15-19-12-7-9(8-17)1-6-13(12)22(15)21-14/h1-7H,(H2,18,19,20,21). The Labute approximate surface area is 130 Å². The van der Waals surface area contributed by atoms with E-state index >= 15 is 0 Å². The van der Waals surface area contributed by atoms with Crippen molar-refractivity contribution in [2.75, 3.05) is 5.32 Å². The molecule has 106 valence electrons. The van der Waals surface area contributed by atoms with Crippen LogP contribution in [0.1, 0.15) is 5.56 Å². The fraction of sp³-hybridized carbons (Fsp3) is 0. The maximum absolute atomic E-state index is 8.92. The van der Waals surface area contributed by atoms with E-state index in [2.05, 4.69) is 26.5 Å². The van der Waals surface area contributed by atoms with Crippen molar-refractivity contribution < 1.29 is 0 Å². The third kappa shape index (κ3) is 2.05. The third-order valence-corrected chi connectivity index (χ3v) is 3.55. The molecule has 7 heteroatoms. The van der Waals surface area contributed by atoms with Crippen LogP contribution < -0.4 is 5.32 Å². The highest BCUT2D eigenvalue weighted by atomic mass is 35.5. The highest BCUT2D eigenvalue weighted by Gasteiger charge is 2.10. The van der Waals surface area contributed by atoms with E-state index in [1.165, 1.54) is 0 Å². The highest BCUT2D eigenvalue weighted by Crippen LogP contribution is 2.20. The maximum Gasteiger partial charge on any atom is 0.253 e. The van der Waals surface area contributed by atoms with Crippen molar-refractivity contribution in [3.63, 3.8) is 0 Å². The molecule has 2 heterocycles. The SMILES string of the molecule is N#Cc1ccc2c(c1)nc1nc(Nc3ccc(Cl)cc3)[nH]n12. The summed E-state index contributed by atoms with van der Waals surface area (Å²) in [5.41, 5.74) is 3.05. The first-order chi connectivity index (χ1) is 10.7.